The van der Waals surface area contributed by atoms with Gasteiger partial charge < -0.3 is 5.32 Å². The van der Waals surface area contributed by atoms with E-state index in [9.17, 15) is 18.0 Å². The molecule has 0 saturated heterocycles. The molecule has 0 aliphatic heterocycles. The van der Waals surface area contributed by atoms with Crippen molar-refractivity contribution in [2.24, 2.45) is 5.92 Å². The molecule has 6 heteroatoms. The van der Waals surface area contributed by atoms with Gasteiger partial charge in [0.1, 0.15) is 11.5 Å². The van der Waals surface area contributed by atoms with Gasteiger partial charge in [0.15, 0.2) is 11.5 Å². The van der Waals surface area contributed by atoms with Crippen LogP contribution in [0.5, 0.6) is 0 Å². The number of amides is 1. The highest BCUT2D eigenvalue weighted by atomic mass is 19.1. The number of aromatic nitrogens is 1. The lowest BCUT2D eigenvalue weighted by Crippen LogP contribution is -2.42. The first-order valence-electron chi connectivity index (χ1n) is 6.20. The van der Waals surface area contributed by atoms with E-state index in [2.05, 4.69) is 10.3 Å². The largest absolute Gasteiger partial charge is 0.321 e. The average molecular weight is 280 g/mol. The summed E-state index contributed by atoms with van der Waals surface area (Å²) in [6, 6.07) is 0.589. The van der Waals surface area contributed by atoms with Gasteiger partial charge in [-0.05, 0) is 25.0 Å². The normalized spacial score (nSPS) is 27.4. The molecule has 2 aliphatic rings. The quantitative estimate of drug-likeness (QED) is 0.905. The highest BCUT2D eigenvalue weighted by Crippen LogP contribution is 2.46. The smallest absolute Gasteiger partial charge is 0.277 e. The average Bonchev–Trinajstić information content (AvgIpc) is 2.38. The molecule has 1 N–H and O–H groups in total. The maximum Gasteiger partial charge on any atom is 0.277 e. The lowest BCUT2D eigenvalue weighted by Gasteiger charge is -2.41. The number of hydrogen-bond donors (Lipinski definition) is 1. The number of hydrogen-bond acceptors (Lipinski definition) is 2. The van der Waals surface area contributed by atoms with Crippen molar-refractivity contribution >= 4 is 5.91 Å². The molecule has 3 rings (SSSR count). The Balaban J connectivity index is 1.75. The fraction of sp³-hybridized carbons (Fsp3) is 0.286. The number of allylic oxidation sites excluding steroid dienone is 3. The Labute approximate surface area is 113 Å². The Bertz CT molecular complexity index is 641. The van der Waals surface area contributed by atoms with Crippen LogP contribution in [-0.2, 0) is 0 Å². The summed E-state index contributed by atoms with van der Waals surface area (Å²) in [6.07, 6.45) is 6.42. The Hall–Kier alpha value is -2.11. The molecule has 104 valence electrons. The zero-order valence-electron chi connectivity index (χ0n) is 10.4. The monoisotopic (exact) mass is 280 g/mol. The molecule has 2 atom stereocenters. The van der Waals surface area contributed by atoms with Crippen LogP contribution in [-0.4, -0.2) is 16.6 Å². The van der Waals surface area contributed by atoms with Crippen LogP contribution in [0.1, 0.15) is 23.3 Å². The second-order valence-corrected chi connectivity index (χ2v) is 4.97. The Morgan fingerprint density at radius 3 is 2.85 bits per heavy atom. The predicted octanol–water partition coefficient (Wildman–Crippen LogP) is 2.66. The predicted molar refractivity (Wildman–Crippen MR) is 65.4 cm³/mol. The molecule has 0 bridgehead atoms. The van der Waals surface area contributed by atoms with Crippen LogP contribution in [0, 0.1) is 17.6 Å². The van der Waals surface area contributed by atoms with Crippen molar-refractivity contribution in [2.75, 3.05) is 0 Å². The highest BCUT2D eigenvalue weighted by molar-refractivity contribution is 5.94. The number of carbonyl (C=O) groups excluding carboxylic acids is 1. The van der Waals surface area contributed by atoms with Gasteiger partial charge in [0, 0.05) is 17.7 Å². The molecular formula is C14H11F3N2O. The van der Waals surface area contributed by atoms with Crippen molar-refractivity contribution in [1.29, 1.82) is 0 Å². The van der Waals surface area contributed by atoms with E-state index in [0.29, 0.717) is 24.6 Å². The summed E-state index contributed by atoms with van der Waals surface area (Å²) < 4.78 is 40.1. The molecule has 1 saturated carbocycles. The highest BCUT2D eigenvalue weighted by Gasteiger charge is 2.45. The number of carbonyl (C=O) groups is 1. The molecule has 0 spiro atoms. The minimum Gasteiger partial charge on any atom is -0.321 e. The molecule has 2 unspecified atom stereocenters. The van der Waals surface area contributed by atoms with Gasteiger partial charge in [-0.1, -0.05) is 6.08 Å². The van der Waals surface area contributed by atoms with E-state index >= 15 is 0 Å². The summed E-state index contributed by atoms with van der Waals surface area (Å²) in [4.78, 5) is 15.2. The Morgan fingerprint density at radius 2 is 2.25 bits per heavy atom. The molecule has 20 heavy (non-hydrogen) atoms. The molecule has 1 aromatic heterocycles. The SMILES string of the molecule is O=C(NC1=CC2CCC2(F)C=C1)c1ncc(F)cc1F. The van der Waals surface area contributed by atoms with Gasteiger partial charge in [-0.2, -0.15) is 0 Å². The van der Waals surface area contributed by atoms with Crippen LogP contribution in [0.4, 0.5) is 13.2 Å². The molecular weight excluding hydrogens is 269 g/mol. The first-order chi connectivity index (χ1) is 9.48. The van der Waals surface area contributed by atoms with Gasteiger partial charge in [0.2, 0.25) is 0 Å². The number of fused-ring (bicyclic) bond motifs is 1. The molecule has 0 radical (unpaired) electrons. The lowest BCUT2D eigenvalue weighted by molar-refractivity contribution is 0.0600. The number of alkyl halides is 1. The number of nitrogens with zero attached hydrogens (tertiary/aromatic N) is 1. The molecule has 1 fully saturated rings. The van der Waals surface area contributed by atoms with Gasteiger partial charge in [0.05, 0.1) is 6.20 Å². The van der Waals surface area contributed by atoms with E-state index in [0.717, 1.165) is 6.20 Å². The number of halogens is 3. The first-order valence-corrected chi connectivity index (χ1v) is 6.20. The van der Waals surface area contributed by atoms with Crippen LogP contribution in [0.2, 0.25) is 0 Å². The molecule has 3 nitrogen and oxygen atoms in total. The summed E-state index contributed by atoms with van der Waals surface area (Å²) in [6.45, 7) is 0. The Kier molecular flexibility index (Phi) is 2.88. The van der Waals surface area contributed by atoms with Crippen LogP contribution >= 0.6 is 0 Å². The Morgan fingerprint density at radius 1 is 1.45 bits per heavy atom. The molecule has 1 amide bonds. The molecule has 0 aromatic carbocycles. The van der Waals surface area contributed by atoms with Crippen molar-refractivity contribution in [1.82, 2.24) is 10.3 Å². The summed E-state index contributed by atoms with van der Waals surface area (Å²) >= 11 is 0. The van der Waals surface area contributed by atoms with Crippen LogP contribution in [0.25, 0.3) is 0 Å². The molecule has 2 aliphatic carbocycles. The molecule has 1 aromatic rings. The van der Waals surface area contributed by atoms with E-state index in [1.807, 2.05) is 0 Å². The third-order valence-corrected chi connectivity index (χ3v) is 3.66. The summed E-state index contributed by atoms with van der Waals surface area (Å²) in [5.74, 6) is -2.93. The van der Waals surface area contributed by atoms with E-state index in [1.165, 1.54) is 12.2 Å². The van der Waals surface area contributed by atoms with E-state index < -0.39 is 28.9 Å². The van der Waals surface area contributed by atoms with Crippen molar-refractivity contribution in [3.63, 3.8) is 0 Å². The maximum absolute atomic E-state index is 13.9. The van der Waals surface area contributed by atoms with Gasteiger partial charge in [-0.25, -0.2) is 18.2 Å². The zero-order chi connectivity index (χ0) is 14.3. The topological polar surface area (TPSA) is 42.0 Å². The fourth-order valence-corrected chi connectivity index (χ4v) is 2.37. The third-order valence-electron chi connectivity index (χ3n) is 3.66. The van der Waals surface area contributed by atoms with E-state index in [4.69, 9.17) is 0 Å². The van der Waals surface area contributed by atoms with Crippen LogP contribution < -0.4 is 5.32 Å². The van der Waals surface area contributed by atoms with Crippen molar-refractivity contribution in [3.05, 3.63) is 53.5 Å². The third kappa shape index (κ3) is 2.11. The number of pyridine rings is 1. The van der Waals surface area contributed by atoms with E-state index in [1.54, 1.807) is 6.08 Å². The van der Waals surface area contributed by atoms with Crippen molar-refractivity contribution in [2.45, 2.75) is 18.5 Å². The second kappa shape index (κ2) is 4.47. The summed E-state index contributed by atoms with van der Waals surface area (Å²) in [5.41, 5.74) is -1.40. The van der Waals surface area contributed by atoms with Crippen LogP contribution in [0.3, 0.4) is 0 Å². The fourth-order valence-electron chi connectivity index (χ4n) is 2.37. The second-order valence-electron chi connectivity index (χ2n) is 4.97. The zero-order valence-corrected chi connectivity index (χ0v) is 10.4. The van der Waals surface area contributed by atoms with Crippen LogP contribution in [0.15, 0.2) is 36.2 Å². The summed E-state index contributed by atoms with van der Waals surface area (Å²) in [5, 5.41) is 2.44. The maximum atomic E-state index is 13.9. The van der Waals surface area contributed by atoms with Crippen molar-refractivity contribution < 1.29 is 18.0 Å². The summed E-state index contributed by atoms with van der Waals surface area (Å²) in [7, 11) is 0. The van der Waals surface area contributed by atoms with Crippen molar-refractivity contribution in [3.8, 4) is 0 Å². The van der Waals surface area contributed by atoms with Gasteiger partial charge in [-0.3, -0.25) is 4.79 Å². The standard InChI is InChI=1S/C14H11F3N2O/c15-9-6-11(16)12(18-7-9)13(20)19-10-2-4-14(17)3-1-8(14)5-10/h2,4-8H,1,3H2,(H,19,20). The van der Waals surface area contributed by atoms with E-state index in [-0.39, 0.29) is 5.92 Å². The van der Waals surface area contributed by atoms with Gasteiger partial charge in [-0.15, -0.1) is 0 Å². The van der Waals surface area contributed by atoms with Gasteiger partial charge in [0.25, 0.3) is 5.91 Å². The number of nitrogens with one attached hydrogen (secondary N) is 1. The first kappa shape index (κ1) is 12.9. The number of rotatable bonds is 2. The molecule has 1 heterocycles. The lowest BCUT2D eigenvalue weighted by atomic mass is 9.68. The van der Waals surface area contributed by atoms with Gasteiger partial charge >= 0.3 is 0 Å². The minimum atomic E-state index is -1.31. The minimum absolute atomic E-state index is 0.256.